The first-order valence-corrected chi connectivity index (χ1v) is 3.89. The van der Waals surface area contributed by atoms with E-state index in [0.29, 0.717) is 11.1 Å². The third kappa shape index (κ3) is 2.35. The van der Waals surface area contributed by atoms with E-state index < -0.39 is 0 Å². The highest BCUT2D eigenvalue weighted by Gasteiger charge is 2.05. The Kier molecular flexibility index (Phi) is 4.90. The van der Waals surface area contributed by atoms with Crippen LogP contribution in [0.25, 0.3) is 10.8 Å². The van der Waals surface area contributed by atoms with E-state index in [9.17, 15) is 10.2 Å². The van der Waals surface area contributed by atoms with Gasteiger partial charge in [-0.2, -0.15) is 0 Å². The van der Waals surface area contributed by atoms with Crippen LogP contribution in [0.5, 0.6) is 11.5 Å². The molecule has 0 fully saturated rings. The molecule has 0 aromatic heterocycles. The molecule has 0 saturated carbocycles. The number of aromatic hydroxyl groups is 2. The lowest BCUT2D eigenvalue weighted by atomic mass is 10.1. The summed E-state index contributed by atoms with van der Waals surface area (Å²) >= 11 is 0. The van der Waals surface area contributed by atoms with E-state index in [1.807, 2.05) is 0 Å². The van der Waals surface area contributed by atoms with E-state index in [2.05, 4.69) is 0 Å². The minimum atomic E-state index is -0.127. The number of phenols is 2. The minimum absolute atomic E-state index is 0. The molecule has 15 heavy (non-hydrogen) atoms. The summed E-state index contributed by atoms with van der Waals surface area (Å²) in [5.74, 6) is -0.247. The highest BCUT2D eigenvalue weighted by atomic mass is 79.9. The van der Waals surface area contributed by atoms with Crippen molar-refractivity contribution < 1.29 is 10.2 Å². The molecular formula is C10H11Br2NO2. The summed E-state index contributed by atoms with van der Waals surface area (Å²) in [6, 6.07) is 8.30. The predicted octanol–water partition coefficient (Wildman–Crippen LogP) is 2.99. The molecule has 2 aromatic carbocycles. The van der Waals surface area contributed by atoms with Gasteiger partial charge < -0.3 is 15.9 Å². The summed E-state index contributed by atoms with van der Waals surface area (Å²) in [6.07, 6.45) is 0. The van der Waals surface area contributed by atoms with E-state index in [-0.39, 0.29) is 45.5 Å². The van der Waals surface area contributed by atoms with Gasteiger partial charge in [-0.15, -0.1) is 34.0 Å². The second-order valence-electron chi connectivity index (χ2n) is 2.88. The van der Waals surface area contributed by atoms with Crippen LogP contribution < -0.4 is 5.73 Å². The van der Waals surface area contributed by atoms with Gasteiger partial charge in [-0.05, 0) is 18.2 Å². The summed E-state index contributed by atoms with van der Waals surface area (Å²) in [4.78, 5) is 0. The molecule has 0 aliphatic rings. The Labute approximate surface area is 108 Å². The highest BCUT2D eigenvalue weighted by Crippen LogP contribution is 2.35. The summed E-state index contributed by atoms with van der Waals surface area (Å²) in [7, 11) is 0. The zero-order valence-electron chi connectivity index (χ0n) is 7.68. The van der Waals surface area contributed by atoms with Crippen molar-refractivity contribution in [3.63, 3.8) is 0 Å². The zero-order valence-corrected chi connectivity index (χ0v) is 11.1. The number of rotatable bonds is 0. The predicted molar refractivity (Wildman–Crippen MR) is 72.3 cm³/mol. The number of halogens is 2. The van der Waals surface area contributed by atoms with Crippen molar-refractivity contribution in [2.75, 3.05) is 5.73 Å². The lowest BCUT2D eigenvalue weighted by Crippen LogP contribution is -1.86. The molecule has 0 saturated heterocycles. The molecule has 0 heterocycles. The smallest absolute Gasteiger partial charge is 0.165 e. The lowest BCUT2D eigenvalue weighted by Gasteiger charge is -2.04. The van der Waals surface area contributed by atoms with E-state index in [0.717, 1.165) is 5.39 Å². The van der Waals surface area contributed by atoms with Crippen molar-refractivity contribution >= 4 is 50.4 Å². The number of hydrogen-bond donors (Lipinski definition) is 3. The third-order valence-electron chi connectivity index (χ3n) is 2.05. The molecule has 5 heteroatoms. The summed E-state index contributed by atoms with van der Waals surface area (Å²) in [5, 5.41) is 20.0. The van der Waals surface area contributed by atoms with Gasteiger partial charge in [-0.3, -0.25) is 0 Å². The number of benzene rings is 2. The van der Waals surface area contributed by atoms with Crippen LogP contribution in [0, 0.1) is 0 Å². The van der Waals surface area contributed by atoms with E-state index in [1.165, 1.54) is 6.07 Å². The van der Waals surface area contributed by atoms with Gasteiger partial charge in [0.2, 0.25) is 0 Å². The molecule has 0 unspecified atom stereocenters. The molecule has 0 bridgehead atoms. The van der Waals surface area contributed by atoms with Crippen LogP contribution in [0.3, 0.4) is 0 Å². The van der Waals surface area contributed by atoms with Gasteiger partial charge in [0.25, 0.3) is 0 Å². The SMILES string of the molecule is Br.Br.Nc1cccc2c(O)c(O)ccc12. The van der Waals surface area contributed by atoms with Crippen molar-refractivity contribution in [2.45, 2.75) is 0 Å². The Bertz CT molecular complexity index is 474. The largest absolute Gasteiger partial charge is 0.504 e. The van der Waals surface area contributed by atoms with Crippen LogP contribution in [-0.4, -0.2) is 10.2 Å². The summed E-state index contributed by atoms with van der Waals surface area (Å²) in [5.41, 5.74) is 6.27. The van der Waals surface area contributed by atoms with Gasteiger partial charge in [-0.1, -0.05) is 12.1 Å². The Hall–Kier alpha value is -0.940. The van der Waals surface area contributed by atoms with Gasteiger partial charge in [0.05, 0.1) is 0 Å². The number of nitrogen functional groups attached to an aromatic ring is 1. The van der Waals surface area contributed by atoms with Crippen LogP contribution >= 0.6 is 34.0 Å². The Morgan fingerprint density at radius 2 is 1.53 bits per heavy atom. The van der Waals surface area contributed by atoms with E-state index in [1.54, 1.807) is 24.3 Å². The van der Waals surface area contributed by atoms with Crippen molar-refractivity contribution in [3.8, 4) is 11.5 Å². The third-order valence-corrected chi connectivity index (χ3v) is 2.05. The number of hydrogen-bond acceptors (Lipinski definition) is 3. The first-order chi connectivity index (χ1) is 6.20. The average molecular weight is 337 g/mol. The molecule has 0 aliphatic heterocycles. The number of anilines is 1. The number of nitrogens with two attached hydrogens (primary N) is 1. The minimum Gasteiger partial charge on any atom is -0.504 e. The standard InChI is InChI=1S/C10H9NO2.2BrH/c11-8-3-1-2-7-6(8)4-5-9(12)10(7)13;;/h1-5,12-13H,11H2;2*1H. The van der Waals surface area contributed by atoms with Crippen LogP contribution in [0.2, 0.25) is 0 Å². The van der Waals surface area contributed by atoms with Gasteiger partial charge in [0.1, 0.15) is 0 Å². The second kappa shape index (κ2) is 5.23. The Balaban J connectivity index is 0.000000980. The topological polar surface area (TPSA) is 66.5 Å². The molecule has 2 rings (SSSR count). The average Bonchev–Trinajstić information content (AvgIpc) is 2.12. The molecular weight excluding hydrogens is 326 g/mol. The van der Waals surface area contributed by atoms with E-state index in [4.69, 9.17) is 5.73 Å². The number of fused-ring (bicyclic) bond motifs is 1. The maximum absolute atomic E-state index is 9.48. The van der Waals surface area contributed by atoms with Gasteiger partial charge >= 0.3 is 0 Å². The zero-order chi connectivity index (χ0) is 9.42. The fourth-order valence-corrected chi connectivity index (χ4v) is 1.35. The summed E-state index contributed by atoms with van der Waals surface area (Å²) < 4.78 is 0. The molecule has 3 nitrogen and oxygen atoms in total. The van der Waals surface area contributed by atoms with Gasteiger partial charge in [0.15, 0.2) is 11.5 Å². The van der Waals surface area contributed by atoms with Crippen LogP contribution in [-0.2, 0) is 0 Å². The number of phenolic OH excluding ortho intramolecular Hbond substituents is 2. The van der Waals surface area contributed by atoms with Crippen LogP contribution in [0.15, 0.2) is 30.3 Å². The Morgan fingerprint density at radius 1 is 0.867 bits per heavy atom. The fourth-order valence-electron chi connectivity index (χ4n) is 1.35. The maximum atomic E-state index is 9.48. The Morgan fingerprint density at radius 3 is 2.20 bits per heavy atom. The van der Waals surface area contributed by atoms with Gasteiger partial charge in [-0.25, -0.2) is 0 Å². The summed E-state index contributed by atoms with van der Waals surface area (Å²) in [6.45, 7) is 0. The molecule has 0 atom stereocenters. The second-order valence-corrected chi connectivity index (χ2v) is 2.88. The van der Waals surface area contributed by atoms with Crippen LogP contribution in [0.1, 0.15) is 0 Å². The molecule has 0 radical (unpaired) electrons. The molecule has 4 N–H and O–H groups in total. The van der Waals surface area contributed by atoms with E-state index >= 15 is 0 Å². The molecule has 2 aromatic rings. The van der Waals surface area contributed by atoms with Gasteiger partial charge in [0, 0.05) is 16.5 Å². The first kappa shape index (κ1) is 14.1. The maximum Gasteiger partial charge on any atom is 0.165 e. The quantitative estimate of drug-likeness (QED) is 0.512. The van der Waals surface area contributed by atoms with Crippen molar-refractivity contribution in [3.05, 3.63) is 30.3 Å². The van der Waals surface area contributed by atoms with Crippen molar-refractivity contribution in [1.82, 2.24) is 0 Å². The fraction of sp³-hybridized carbons (Fsp3) is 0. The highest BCUT2D eigenvalue weighted by molar-refractivity contribution is 8.93. The van der Waals surface area contributed by atoms with Crippen LogP contribution in [0.4, 0.5) is 5.69 Å². The lowest BCUT2D eigenvalue weighted by molar-refractivity contribution is 0.408. The first-order valence-electron chi connectivity index (χ1n) is 3.89. The van der Waals surface area contributed by atoms with Crippen molar-refractivity contribution in [2.24, 2.45) is 0 Å². The monoisotopic (exact) mass is 335 g/mol. The molecule has 0 aliphatic carbocycles. The molecule has 82 valence electrons. The normalized spacial score (nSPS) is 9.07. The molecule has 0 amide bonds. The molecule has 0 spiro atoms. The van der Waals surface area contributed by atoms with Crippen molar-refractivity contribution in [1.29, 1.82) is 0 Å².